The van der Waals surface area contributed by atoms with Gasteiger partial charge in [-0.2, -0.15) is 0 Å². The number of unbranched alkanes of at least 4 members (excludes halogenated alkanes) is 63. The van der Waals surface area contributed by atoms with Crippen LogP contribution in [-0.4, -0.2) is 82.3 Å². The maximum atomic E-state index is 13.0. The standard InChI is InChI=1S/C90H171NO8/c1-6-8-10-12-14-16-18-20-22-24-26-28-30-32-34-36-38-40-42-44-46-48-50-52-54-56-58-60-62-64-66-68-70-72-74-76-78-80-87(92)97-84-86(85-98-90(89(94)95)96-83-82-91(3,4)5)99-88(93)81-79-77-75-73-71-69-67-65-63-61-59-57-55-53-51-49-47-45-43-41-39-37-35-33-31-29-27-25-23-21-19-17-15-13-11-9-7-2/h19,21,24-27,86,90H,6-18,20,22-23,28-85H2,1-5H3/b21-19-,26-24-,27-25-. The second kappa shape index (κ2) is 81.2. The Morgan fingerprint density at radius 1 is 0.303 bits per heavy atom. The third-order valence-electron chi connectivity index (χ3n) is 20.4. The van der Waals surface area contributed by atoms with Gasteiger partial charge < -0.3 is 33.3 Å². The molecule has 0 fully saturated rings. The minimum atomic E-state index is -1.62. The molecular weight excluding hydrogens is 1220 g/mol. The van der Waals surface area contributed by atoms with E-state index in [9.17, 15) is 19.5 Å². The van der Waals surface area contributed by atoms with Crippen molar-refractivity contribution in [2.75, 3.05) is 47.5 Å². The molecule has 99 heavy (non-hydrogen) atoms. The molecule has 0 rings (SSSR count). The average molecular weight is 1400 g/mol. The van der Waals surface area contributed by atoms with E-state index in [4.69, 9.17) is 18.9 Å². The van der Waals surface area contributed by atoms with Gasteiger partial charge in [0.1, 0.15) is 13.2 Å². The van der Waals surface area contributed by atoms with Crippen molar-refractivity contribution in [1.82, 2.24) is 0 Å². The van der Waals surface area contributed by atoms with Crippen LogP contribution in [0.5, 0.6) is 0 Å². The lowest BCUT2D eigenvalue weighted by Crippen LogP contribution is -2.44. The van der Waals surface area contributed by atoms with Gasteiger partial charge in [0, 0.05) is 12.8 Å². The van der Waals surface area contributed by atoms with Crippen LogP contribution in [-0.2, 0) is 33.3 Å². The van der Waals surface area contributed by atoms with E-state index in [1.807, 2.05) is 21.1 Å². The first-order valence-electron chi connectivity index (χ1n) is 44.1. The number of quaternary nitrogens is 1. The monoisotopic (exact) mass is 1390 g/mol. The summed E-state index contributed by atoms with van der Waals surface area (Å²) in [6.07, 6.45) is 103. The highest BCUT2D eigenvalue weighted by atomic mass is 16.7. The molecule has 9 nitrogen and oxygen atoms in total. The molecule has 0 amide bonds. The zero-order valence-electron chi connectivity index (χ0n) is 67.2. The highest BCUT2D eigenvalue weighted by molar-refractivity contribution is 5.70. The fourth-order valence-electron chi connectivity index (χ4n) is 13.6. The van der Waals surface area contributed by atoms with Gasteiger partial charge in [-0.25, -0.2) is 0 Å². The van der Waals surface area contributed by atoms with E-state index in [1.54, 1.807) is 0 Å². The Kier molecular flexibility index (Phi) is 79.1. The third-order valence-corrected chi connectivity index (χ3v) is 20.4. The summed E-state index contributed by atoms with van der Waals surface area (Å²) in [4.78, 5) is 37.7. The fourth-order valence-corrected chi connectivity index (χ4v) is 13.6. The number of nitrogens with zero attached hydrogens (tertiary/aromatic N) is 1. The molecule has 9 heteroatoms. The summed E-state index contributed by atoms with van der Waals surface area (Å²) >= 11 is 0. The lowest BCUT2D eigenvalue weighted by molar-refractivity contribution is -0.870. The van der Waals surface area contributed by atoms with E-state index in [0.717, 1.165) is 44.9 Å². The topological polar surface area (TPSA) is 111 Å². The van der Waals surface area contributed by atoms with Crippen molar-refractivity contribution in [2.45, 2.75) is 476 Å². The van der Waals surface area contributed by atoms with Gasteiger partial charge >= 0.3 is 11.9 Å². The molecule has 2 unspecified atom stereocenters. The first kappa shape index (κ1) is 96.5. The summed E-state index contributed by atoms with van der Waals surface area (Å²) in [6.45, 7) is 4.83. The summed E-state index contributed by atoms with van der Waals surface area (Å²) in [5.74, 6) is -2.24. The van der Waals surface area contributed by atoms with Crippen LogP contribution in [0.15, 0.2) is 36.5 Å². The fraction of sp³-hybridized carbons (Fsp3) is 0.900. The molecule has 0 aromatic heterocycles. The van der Waals surface area contributed by atoms with Crippen LogP contribution in [0.4, 0.5) is 0 Å². The Morgan fingerprint density at radius 3 is 0.808 bits per heavy atom. The number of carboxylic acid groups (broad SMARTS) is 1. The molecule has 0 bridgehead atoms. The number of carboxylic acids is 1. The summed E-state index contributed by atoms with van der Waals surface area (Å²) in [6, 6.07) is 0. The van der Waals surface area contributed by atoms with Crippen LogP contribution in [0.1, 0.15) is 463 Å². The Labute approximate surface area is 617 Å². The molecule has 0 saturated heterocycles. The smallest absolute Gasteiger partial charge is 0.306 e. The highest BCUT2D eigenvalue weighted by Gasteiger charge is 2.22. The summed E-state index contributed by atoms with van der Waals surface area (Å²) < 4.78 is 22.9. The Morgan fingerprint density at radius 2 is 0.545 bits per heavy atom. The normalized spacial score (nSPS) is 12.7. The van der Waals surface area contributed by atoms with Crippen LogP contribution in [0.3, 0.4) is 0 Å². The van der Waals surface area contributed by atoms with E-state index >= 15 is 0 Å². The third kappa shape index (κ3) is 82.7. The van der Waals surface area contributed by atoms with Crippen molar-refractivity contribution in [2.24, 2.45) is 0 Å². The van der Waals surface area contributed by atoms with Crippen LogP contribution in [0.2, 0.25) is 0 Å². The van der Waals surface area contributed by atoms with Gasteiger partial charge in [0.05, 0.1) is 40.3 Å². The van der Waals surface area contributed by atoms with Gasteiger partial charge in [-0.05, 0) is 70.6 Å². The van der Waals surface area contributed by atoms with E-state index in [2.05, 4.69) is 50.3 Å². The van der Waals surface area contributed by atoms with Crippen molar-refractivity contribution < 1.29 is 42.9 Å². The number of hydrogen-bond donors (Lipinski definition) is 0. The molecule has 0 N–H and O–H groups in total. The lowest BCUT2D eigenvalue weighted by atomic mass is 10.0. The minimum Gasteiger partial charge on any atom is -0.545 e. The van der Waals surface area contributed by atoms with Gasteiger partial charge in [0.2, 0.25) is 0 Å². The van der Waals surface area contributed by atoms with Gasteiger partial charge in [-0.3, -0.25) is 9.59 Å². The number of hydrogen-bond acceptors (Lipinski definition) is 8. The number of aliphatic carboxylic acids is 1. The number of carbonyl (C=O) groups is 3. The molecule has 0 aromatic carbocycles. The van der Waals surface area contributed by atoms with Gasteiger partial charge in [-0.15, -0.1) is 0 Å². The van der Waals surface area contributed by atoms with Crippen molar-refractivity contribution in [3.8, 4) is 0 Å². The molecule has 584 valence electrons. The molecule has 0 radical (unpaired) electrons. The lowest BCUT2D eigenvalue weighted by Gasteiger charge is -2.26. The van der Waals surface area contributed by atoms with Crippen LogP contribution in [0.25, 0.3) is 0 Å². The Hall–Kier alpha value is -2.49. The Bertz CT molecular complexity index is 1720. The van der Waals surface area contributed by atoms with E-state index in [0.29, 0.717) is 17.4 Å². The molecule has 2 atom stereocenters. The molecule has 0 aromatic rings. The molecule has 0 aliphatic rings. The summed E-state index contributed by atoms with van der Waals surface area (Å²) in [7, 11) is 5.96. The van der Waals surface area contributed by atoms with E-state index < -0.39 is 24.3 Å². The predicted molar refractivity (Wildman–Crippen MR) is 426 cm³/mol. The van der Waals surface area contributed by atoms with Crippen LogP contribution < -0.4 is 5.11 Å². The van der Waals surface area contributed by atoms with Crippen molar-refractivity contribution in [1.29, 1.82) is 0 Å². The molecule has 0 aliphatic carbocycles. The number of allylic oxidation sites excluding steroid dienone is 6. The maximum Gasteiger partial charge on any atom is 0.306 e. The second-order valence-corrected chi connectivity index (χ2v) is 31.5. The predicted octanol–water partition coefficient (Wildman–Crippen LogP) is 27.3. The van der Waals surface area contributed by atoms with E-state index in [1.165, 1.54) is 392 Å². The number of rotatable bonds is 84. The molecule has 0 spiro atoms. The molecular formula is C90H171NO8. The maximum absolute atomic E-state index is 13.0. The Balaban J connectivity index is 3.90. The molecule has 0 aliphatic heterocycles. The first-order chi connectivity index (χ1) is 48.6. The zero-order chi connectivity index (χ0) is 71.8. The summed E-state index contributed by atoms with van der Waals surface area (Å²) in [5, 5.41) is 11.9. The van der Waals surface area contributed by atoms with E-state index in [-0.39, 0.29) is 32.2 Å². The largest absolute Gasteiger partial charge is 0.545 e. The van der Waals surface area contributed by atoms with Gasteiger partial charge in [0.15, 0.2) is 12.4 Å². The first-order valence-corrected chi connectivity index (χ1v) is 44.1. The van der Waals surface area contributed by atoms with Crippen molar-refractivity contribution in [3.05, 3.63) is 36.5 Å². The quantitative estimate of drug-likeness (QED) is 0.0195. The molecule has 0 saturated carbocycles. The highest BCUT2D eigenvalue weighted by Crippen LogP contribution is 2.21. The number of ether oxygens (including phenoxy) is 4. The minimum absolute atomic E-state index is 0.152. The SMILES string of the molecule is CCCCCCC/C=C\C/C=C\CCCCCCCCCCCCCCCCCCCCCCCCCCCC(=O)OC(COC(=O)CCCCCCCCCCCCCCCCCCCCCCCCCCC/C=C\CCCCCCCCCC)COC(OCC[N+](C)(C)C)C(=O)[O-]. The number of carbonyl (C=O) groups excluding carboxylic acids is 3. The molecule has 0 heterocycles. The van der Waals surface area contributed by atoms with Crippen molar-refractivity contribution in [3.63, 3.8) is 0 Å². The van der Waals surface area contributed by atoms with Gasteiger partial charge in [-0.1, -0.05) is 416 Å². The number of likely N-dealkylation sites (N-methyl/N-ethyl adjacent to an activating group) is 1. The van der Waals surface area contributed by atoms with Crippen molar-refractivity contribution >= 4 is 17.9 Å². The average Bonchev–Trinajstić information content (AvgIpc) is 2.19. The summed E-state index contributed by atoms with van der Waals surface area (Å²) in [5.41, 5.74) is 0. The number of esters is 2. The van der Waals surface area contributed by atoms with Crippen LogP contribution >= 0.6 is 0 Å². The van der Waals surface area contributed by atoms with Gasteiger partial charge in [0.25, 0.3) is 0 Å². The van der Waals surface area contributed by atoms with Crippen LogP contribution in [0, 0.1) is 0 Å². The second-order valence-electron chi connectivity index (χ2n) is 31.5. The zero-order valence-corrected chi connectivity index (χ0v) is 67.2.